The van der Waals surface area contributed by atoms with Gasteiger partial charge in [-0.25, -0.2) is 13.2 Å². The monoisotopic (exact) mass is 688 g/mol. The third-order valence-corrected chi connectivity index (χ3v) is 9.60. The van der Waals surface area contributed by atoms with Gasteiger partial charge in [0.05, 0.1) is 26.1 Å². The van der Waals surface area contributed by atoms with Gasteiger partial charge in [0.25, 0.3) is 5.91 Å². The summed E-state index contributed by atoms with van der Waals surface area (Å²) in [5.41, 5.74) is -0.934. The molecule has 3 aromatic rings. The number of benzene rings is 2. The van der Waals surface area contributed by atoms with Gasteiger partial charge in [-0.2, -0.15) is 4.31 Å². The third-order valence-electron chi connectivity index (χ3n) is 6.75. The summed E-state index contributed by atoms with van der Waals surface area (Å²) in [5, 5.41) is 26.0. The van der Waals surface area contributed by atoms with Crippen LogP contribution in [0.5, 0.6) is 0 Å². The van der Waals surface area contributed by atoms with E-state index < -0.39 is 45.5 Å². The molecule has 43 heavy (non-hydrogen) atoms. The number of hydrogen-bond acceptors (Lipinski definition) is 7. The number of halogens is 4. The van der Waals surface area contributed by atoms with E-state index in [2.05, 4.69) is 15.6 Å². The first-order valence-corrected chi connectivity index (χ1v) is 15.5. The number of aromatic nitrogens is 1. The van der Waals surface area contributed by atoms with Crippen molar-refractivity contribution in [3.05, 3.63) is 86.1 Å². The van der Waals surface area contributed by atoms with Crippen LogP contribution in [0.25, 0.3) is 0 Å². The molecular weight excluding hydrogens is 666 g/mol. The summed E-state index contributed by atoms with van der Waals surface area (Å²) in [6.07, 6.45) is 2.28. The number of carboxylic acids is 1. The SMILES string of the molecule is CC1(O)CCN(S(=O)(=O)c2cc(Cl)cc(Cl)c2)[C@@H]1C(=O)N[C@@H](Cc1ccc(NC(=O)c2c(Cl)cncc2Cl)cc1)C(=O)O. The number of carbonyl (C=O) groups is 3. The highest BCUT2D eigenvalue weighted by atomic mass is 35.5. The van der Waals surface area contributed by atoms with Crippen molar-refractivity contribution in [3.63, 3.8) is 0 Å². The molecular formula is C27H24Cl4N4O7S. The van der Waals surface area contributed by atoms with Crippen molar-refractivity contribution < 1.29 is 33.0 Å². The Bertz CT molecular complexity index is 1650. The maximum Gasteiger partial charge on any atom is 0.326 e. The van der Waals surface area contributed by atoms with E-state index in [1.165, 1.54) is 37.5 Å². The summed E-state index contributed by atoms with van der Waals surface area (Å²) in [4.78, 5) is 41.6. The fourth-order valence-corrected chi connectivity index (χ4v) is 7.58. The van der Waals surface area contributed by atoms with Crippen molar-refractivity contribution in [3.8, 4) is 0 Å². The van der Waals surface area contributed by atoms with Gasteiger partial charge >= 0.3 is 5.97 Å². The molecule has 1 fully saturated rings. The minimum absolute atomic E-state index is 0.0355. The molecule has 2 aromatic carbocycles. The Balaban J connectivity index is 1.50. The van der Waals surface area contributed by atoms with Crippen LogP contribution in [0.4, 0.5) is 5.69 Å². The Morgan fingerprint density at radius 2 is 1.63 bits per heavy atom. The Labute approximate surface area is 266 Å². The molecule has 1 aliphatic rings. The van der Waals surface area contributed by atoms with E-state index >= 15 is 0 Å². The standard InChI is InChI=1S/C27H24Cl4N4O7S/c1-27(40)6-7-35(43(41,42)18-10-15(28)9-16(29)11-18)23(27)25(37)34-21(26(38)39)8-14-2-4-17(5-3-14)33-24(36)22-19(30)12-32-13-20(22)31/h2-5,9-13,21,23,40H,6-8H2,1H3,(H,33,36)(H,34,37)(H,38,39)/t21-,23+,27?/m0/s1. The van der Waals surface area contributed by atoms with E-state index in [9.17, 15) is 33.0 Å². The summed E-state index contributed by atoms with van der Waals surface area (Å²) in [7, 11) is -4.36. The molecule has 1 unspecified atom stereocenters. The highest BCUT2D eigenvalue weighted by Crippen LogP contribution is 2.35. The fourth-order valence-electron chi connectivity index (χ4n) is 4.63. The van der Waals surface area contributed by atoms with Crippen molar-refractivity contribution in [2.24, 2.45) is 0 Å². The molecule has 0 spiro atoms. The van der Waals surface area contributed by atoms with Gasteiger partial charge in [0.2, 0.25) is 15.9 Å². The molecule has 0 saturated carbocycles. The number of hydrogen-bond donors (Lipinski definition) is 4. The molecule has 4 N–H and O–H groups in total. The topological polar surface area (TPSA) is 166 Å². The fraction of sp³-hybridized carbons (Fsp3) is 0.259. The van der Waals surface area contributed by atoms with E-state index in [1.54, 1.807) is 12.1 Å². The van der Waals surface area contributed by atoms with E-state index in [-0.39, 0.29) is 49.9 Å². The number of anilines is 1. The molecule has 1 aliphatic heterocycles. The van der Waals surface area contributed by atoms with Crippen LogP contribution in [0.2, 0.25) is 20.1 Å². The molecule has 228 valence electrons. The zero-order chi connectivity index (χ0) is 31.7. The van der Waals surface area contributed by atoms with Crippen LogP contribution in [0.15, 0.2) is 59.8 Å². The molecule has 3 atom stereocenters. The molecule has 11 nitrogen and oxygen atoms in total. The lowest BCUT2D eigenvalue weighted by Crippen LogP contribution is -2.57. The zero-order valence-corrected chi connectivity index (χ0v) is 26.1. The minimum Gasteiger partial charge on any atom is -0.480 e. The van der Waals surface area contributed by atoms with Crippen molar-refractivity contribution in [2.45, 2.75) is 42.3 Å². The predicted octanol–water partition coefficient (Wildman–Crippen LogP) is 4.27. The summed E-state index contributed by atoms with van der Waals surface area (Å²) < 4.78 is 27.7. The van der Waals surface area contributed by atoms with E-state index in [4.69, 9.17) is 46.4 Å². The van der Waals surface area contributed by atoms with Crippen molar-refractivity contribution in [2.75, 3.05) is 11.9 Å². The van der Waals surface area contributed by atoms with Crippen LogP contribution >= 0.6 is 46.4 Å². The normalized spacial score (nSPS) is 19.5. The molecule has 16 heteroatoms. The maximum atomic E-state index is 13.4. The van der Waals surface area contributed by atoms with Gasteiger partial charge in [0.15, 0.2) is 0 Å². The number of aliphatic hydroxyl groups is 1. The number of amides is 2. The molecule has 1 aromatic heterocycles. The van der Waals surface area contributed by atoms with Gasteiger partial charge in [-0.1, -0.05) is 58.5 Å². The summed E-state index contributed by atoms with van der Waals surface area (Å²) in [6.45, 7) is 1.09. The number of aliphatic carboxylic acids is 1. The zero-order valence-electron chi connectivity index (χ0n) is 22.2. The van der Waals surface area contributed by atoms with Crippen molar-refractivity contribution in [1.29, 1.82) is 0 Å². The average Bonchev–Trinajstić information content (AvgIpc) is 3.24. The molecule has 4 rings (SSSR count). The van der Waals surface area contributed by atoms with Crippen LogP contribution in [-0.2, 0) is 26.0 Å². The van der Waals surface area contributed by atoms with E-state index in [1.807, 2.05) is 0 Å². The van der Waals surface area contributed by atoms with Gasteiger partial charge in [0.1, 0.15) is 12.1 Å². The number of sulfonamides is 1. The van der Waals surface area contributed by atoms with Crippen LogP contribution in [0, 0.1) is 0 Å². The van der Waals surface area contributed by atoms with Crippen LogP contribution in [0.1, 0.15) is 29.3 Å². The first-order valence-electron chi connectivity index (χ1n) is 12.5. The van der Waals surface area contributed by atoms with Crippen molar-refractivity contribution >= 4 is 79.9 Å². The number of nitrogens with one attached hydrogen (secondary N) is 2. The number of rotatable bonds is 9. The van der Waals surface area contributed by atoms with Gasteiger partial charge in [-0.3, -0.25) is 14.6 Å². The number of pyridine rings is 1. The summed E-state index contributed by atoms with van der Waals surface area (Å²) in [6, 6.07) is 6.67. The molecule has 0 radical (unpaired) electrons. The lowest BCUT2D eigenvalue weighted by Gasteiger charge is -2.31. The smallest absolute Gasteiger partial charge is 0.326 e. The first-order chi connectivity index (χ1) is 20.1. The second-order valence-electron chi connectivity index (χ2n) is 9.96. The molecule has 2 heterocycles. The lowest BCUT2D eigenvalue weighted by molar-refractivity contribution is -0.143. The molecule has 2 amide bonds. The van der Waals surface area contributed by atoms with E-state index in [0.717, 1.165) is 16.4 Å². The average molecular weight is 690 g/mol. The highest BCUT2D eigenvalue weighted by Gasteiger charge is 2.52. The molecule has 0 bridgehead atoms. The lowest BCUT2D eigenvalue weighted by atomic mass is 9.96. The number of nitrogens with zero attached hydrogens (tertiary/aromatic N) is 2. The quantitative estimate of drug-likeness (QED) is 0.259. The van der Waals surface area contributed by atoms with Crippen LogP contribution in [-0.4, -0.2) is 69.9 Å². The number of carbonyl (C=O) groups excluding carboxylic acids is 2. The Morgan fingerprint density at radius 3 is 2.19 bits per heavy atom. The Hall–Kier alpha value is -2.97. The maximum absolute atomic E-state index is 13.4. The Kier molecular flexibility index (Phi) is 9.92. The van der Waals surface area contributed by atoms with Crippen LogP contribution < -0.4 is 10.6 Å². The summed E-state index contributed by atoms with van der Waals surface area (Å²) in [5.74, 6) is -2.97. The predicted molar refractivity (Wildman–Crippen MR) is 161 cm³/mol. The third kappa shape index (κ3) is 7.40. The molecule has 0 aliphatic carbocycles. The largest absolute Gasteiger partial charge is 0.480 e. The molecule has 1 saturated heterocycles. The van der Waals surface area contributed by atoms with Crippen molar-refractivity contribution in [1.82, 2.24) is 14.6 Å². The summed E-state index contributed by atoms with van der Waals surface area (Å²) >= 11 is 24.0. The first kappa shape index (κ1) is 32.9. The van der Waals surface area contributed by atoms with Gasteiger partial charge < -0.3 is 20.8 Å². The van der Waals surface area contributed by atoms with E-state index in [0.29, 0.717) is 11.3 Å². The highest BCUT2D eigenvalue weighted by molar-refractivity contribution is 7.89. The second kappa shape index (κ2) is 12.9. The number of carboxylic acid groups (broad SMARTS) is 1. The second-order valence-corrected chi connectivity index (χ2v) is 13.5. The Morgan fingerprint density at radius 1 is 1.05 bits per heavy atom. The van der Waals surface area contributed by atoms with Gasteiger partial charge in [0, 0.05) is 41.1 Å². The van der Waals surface area contributed by atoms with Crippen LogP contribution in [0.3, 0.4) is 0 Å². The van der Waals surface area contributed by atoms with Gasteiger partial charge in [-0.05, 0) is 49.2 Å². The minimum atomic E-state index is -4.36. The van der Waals surface area contributed by atoms with Gasteiger partial charge in [-0.15, -0.1) is 0 Å².